The zero-order chi connectivity index (χ0) is 9.97. The first-order valence-corrected chi connectivity index (χ1v) is 4.22. The van der Waals surface area contributed by atoms with E-state index < -0.39 is 0 Å². The van der Waals surface area contributed by atoms with E-state index in [-0.39, 0.29) is 0 Å². The van der Waals surface area contributed by atoms with Gasteiger partial charge in [0.2, 0.25) is 0 Å². The summed E-state index contributed by atoms with van der Waals surface area (Å²) in [6, 6.07) is 4.15. The molecule has 0 saturated heterocycles. The van der Waals surface area contributed by atoms with Crippen LogP contribution in [0.5, 0.6) is 6.01 Å². The van der Waals surface area contributed by atoms with Crippen LogP contribution in [0.3, 0.4) is 0 Å². The van der Waals surface area contributed by atoms with E-state index in [2.05, 4.69) is 9.97 Å². The van der Waals surface area contributed by atoms with Crippen LogP contribution in [-0.4, -0.2) is 17.1 Å². The summed E-state index contributed by atoms with van der Waals surface area (Å²) in [4.78, 5) is 7.98. The Labute approximate surface area is 81.6 Å². The summed E-state index contributed by atoms with van der Waals surface area (Å²) in [6.45, 7) is 1.90. The Kier molecular flexibility index (Phi) is 2.18. The summed E-state index contributed by atoms with van der Waals surface area (Å²) in [5.74, 6) is 1.64. The van der Waals surface area contributed by atoms with Crippen LogP contribution in [0.15, 0.2) is 28.9 Å². The molecule has 0 saturated carbocycles. The summed E-state index contributed by atoms with van der Waals surface area (Å²) >= 11 is 0. The molecule has 0 aliphatic rings. The number of hydrogen-bond donors (Lipinski definition) is 0. The SMILES string of the molecule is COc1ncc(-c2ccc(C)o2)cn1. The molecule has 2 rings (SSSR count). The van der Waals surface area contributed by atoms with E-state index in [1.165, 1.54) is 7.11 Å². The summed E-state index contributed by atoms with van der Waals surface area (Å²) in [5, 5.41) is 0. The molecule has 0 aliphatic heterocycles. The number of methoxy groups -OCH3 is 1. The molecule has 2 heterocycles. The van der Waals surface area contributed by atoms with E-state index in [0.29, 0.717) is 6.01 Å². The van der Waals surface area contributed by atoms with Gasteiger partial charge in [-0.25, -0.2) is 9.97 Å². The normalized spacial score (nSPS) is 10.1. The van der Waals surface area contributed by atoms with E-state index >= 15 is 0 Å². The monoisotopic (exact) mass is 190 g/mol. The van der Waals surface area contributed by atoms with Crippen LogP contribution >= 0.6 is 0 Å². The lowest BCUT2D eigenvalue weighted by Gasteiger charge is -1.97. The number of hydrogen-bond acceptors (Lipinski definition) is 4. The minimum atomic E-state index is 0.358. The minimum absolute atomic E-state index is 0.358. The average molecular weight is 190 g/mol. The number of ether oxygens (including phenoxy) is 1. The van der Waals surface area contributed by atoms with Crippen LogP contribution in [0.1, 0.15) is 5.76 Å². The van der Waals surface area contributed by atoms with Crippen molar-refractivity contribution in [1.82, 2.24) is 9.97 Å². The highest BCUT2D eigenvalue weighted by molar-refractivity contribution is 5.54. The van der Waals surface area contributed by atoms with Gasteiger partial charge in [-0.2, -0.15) is 0 Å². The maximum atomic E-state index is 5.42. The van der Waals surface area contributed by atoms with Crippen molar-refractivity contribution in [3.8, 4) is 17.3 Å². The van der Waals surface area contributed by atoms with Crippen LogP contribution < -0.4 is 4.74 Å². The van der Waals surface area contributed by atoms with E-state index in [1.807, 2.05) is 19.1 Å². The lowest BCUT2D eigenvalue weighted by Crippen LogP contribution is -1.90. The number of nitrogens with zero attached hydrogens (tertiary/aromatic N) is 2. The van der Waals surface area contributed by atoms with Crippen molar-refractivity contribution in [2.45, 2.75) is 6.92 Å². The average Bonchev–Trinajstić information content (AvgIpc) is 2.65. The Morgan fingerprint density at radius 2 is 1.93 bits per heavy atom. The van der Waals surface area contributed by atoms with Crippen molar-refractivity contribution >= 4 is 0 Å². The van der Waals surface area contributed by atoms with Gasteiger partial charge in [-0.15, -0.1) is 0 Å². The molecule has 2 aromatic rings. The molecule has 0 amide bonds. The van der Waals surface area contributed by atoms with Gasteiger partial charge in [0.15, 0.2) is 0 Å². The van der Waals surface area contributed by atoms with Gasteiger partial charge in [0.1, 0.15) is 11.5 Å². The largest absolute Gasteiger partial charge is 0.467 e. The predicted molar refractivity (Wildman–Crippen MR) is 51.0 cm³/mol. The van der Waals surface area contributed by atoms with Gasteiger partial charge in [-0.1, -0.05) is 0 Å². The van der Waals surface area contributed by atoms with Crippen molar-refractivity contribution in [2.75, 3.05) is 7.11 Å². The second-order valence-electron chi connectivity index (χ2n) is 2.87. The lowest BCUT2D eigenvalue weighted by molar-refractivity contribution is 0.380. The Balaban J connectivity index is 2.33. The maximum Gasteiger partial charge on any atom is 0.316 e. The molecule has 0 unspecified atom stereocenters. The zero-order valence-corrected chi connectivity index (χ0v) is 8.02. The molecule has 0 fully saturated rings. The topological polar surface area (TPSA) is 48.2 Å². The molecule has 0 aromatic carbocycles. The third kappa shape index (κ3) is 1.59. The summed E-state index contributed by atoms with van der Waals surface area (Å²) in [6.07, 6.45) is 3.34. The molecule has 0 bridgehead atoms. The first-order valence-electron chi connectivity index (χ1n) is 4.22. The van der Waals surface area contributed by atoms with E-state index in [0.717, 1.165) is 17.1 Å². The van der Waals surface area contributed by atoms with Gasteiger partial charge in [0.25, 0.3) is 0 Å². The van der Waals surface area contributed by atoms with Crippen LogP contribution in [0.4, 0.5) is 0 Å². The maximum absolute atomic E-state index is 5.42. The molecule has 0 spiro atoms. The summed E-state index contributed by atoms with van der Waals surface area (Å²) in [5.41, 5.74) is 0.846. The first-order chi connectivity index (χ1) is 6.79. The third-order valence-corrected chi connectivity index (χ3v) is 1.84. The molecule has 0 radical (unpaired) electrons. The fourth-order valence-electron chi connectivity index (χ4n) is 1.14. The minimum Gasteiger partial charge on any atom is -0.467 e. The number of rotatable bonds is 2. The van der Waals surface area contributed by atoms with Crippen LogP contribution in [0.25, 0.3) is 11.3 Å². The molecular formula is C10H10N2O2. The first kappa shape index (κ1) is 8.74. The fourth-order valence-corrected chi connectivity index (χ4v) is 1.14. The highest BCUT2D eigenvalue weighted by Gasteiger charge is 2.03. The Morgan fingerprint density at radius 1 is 1.21 bits per heavy atom. The molecule has 14 heavy (non-hydrogen) atoms. The Bertz CT molecular complexity index is 420. The number of aryl methyl sites for hydroxylation is 1. The van der Waals surface area contributed by atoms with E-state index in [4.69, 9.17) is 9.15 Å². The van der Waals surface area contributed by atoms with E-state index in [1.54, 1.807) is 12.4 Å². The smallest absolute Gasteiger partial charge is 0.316 e. The predicted octanol–water partition coefficient (Wildman–Crippen LogP) is 2.05. The Morgan fingerprint density at radius 3 is 2.43 bits per heavy atom. The molecule has 0 atom stereocenters. The molecule has 72 valence electrons. The van der Waals surface area contributed by atoms with Crippen LogP contribution in [-0.2, 0) is 0 Å². The fraction of sp³-hybridized carbons (Fsp3) is 0.200. The lowest BCUT2D eigenvalue weighted by atomic mass is 10.3. The van der Waals surface area contributed by atoms with Gasteiger partial charge in [-0.05, 0) is 19.1 Å². The summed E-state index contributed by atoms with van der Waals surface area (Å²) < 4.78 is 10.3. The second kappa shape index (κ2) is 3.49. The van der Waals surface area contributed by atoms with Gasteiger partial charge < -0.3 is 9.15 Å². The van der Waals surface area contributed by atoms with Gasteiger partial charge in [0, 0.05) is 12.4 Å². The molecule has 0 aliphatic carbocycles. The van der Waals surface area contributed by atoms with Gasteiger partial charge >= 0.3 is 6.01 Å². The molecule has 4 heteroatoms. The Hall–Kier alpha value is -1.84. The molecular weight excluding hydrogens is 180 g/mol. The van der Waals surface area contributed by atoms with Crippen LogP contribution in [0.2, 0.25) is 0 Å². The second-order valence-corrected chi connectivity index (χ2v) is 2.87. The van der Waals surface area contributed by atoms with Crippen molar-refractivity contribution in [1.29, 1.82) is 0 Å². The molecule has 0 N–H and O–H groups in total. The highest BCUT2D eigenvalue weighted by Crippen LogP contribution is 2.20. The zero-order valence-electron chi connectivity index (χ0n) is 8.02. The quantitative estimate of drug-likeness (QED) is 0.727. The van der Waals surface area contributed by atoms with Crippen molar-refractivity contribution < 1.29 is 9.15 Å². The number of aromatic nitrogens is 2. The van der Waals surface area contributed by atoms with Crippen molar-refractivity contribution in [3.05, 3.63) is 30.3 Å². The van der Waals surface area contributed by atoms with Crippen LogP contribution in [0, 0.1) is 6.92 Å². The number of furan rings is 1. The van der Waals surface area contributed by atoms with Gasteiger partial charge in [0.05, 0.1) is 12.7 Å². The molecule has 2 aromatic heterocycles. The highest BCUT2D eigenvalue weighted by atomic mass is 16.5. The van der Waals surface area contributed by atoms with Crippen molar-refractivity contribution in [2.24, 2.45) is 0 Å². The standard InChI is InChI=1S/C10H10N2O2/c1-7-3-4-9(14-7)8-5-11-10(13-2)12-6-8/h3-6H,1-2H3. The van der Waals surface area contributed by atoms with Gasteiger partial charge in [-0.3, -0.25) is 0 Å². The van der Waals surface area contributed by atoms with Crippen molar-refractivity contribution in [3.63, 3.8) is 0 Å². The van der Waals surface area contributed by atoms with E-state index in [9.17, 15) is 0 Å². The third-order valence-electron chi connectivity index (χ3n) is 1.84. The molecule has 4 nitrogen and oxygen atoms in total. The summed E-state index contributed by atoms with van der Waals surface area (Å²) in [7, 11) is 1.53.